The lowest BCUT2D eigenvalue weighted by molar-refractivity contribution is 0.284. The third-order valence-corrected chi connectivity index (χ3v) is 7.33. The van der Waals surface area contributed by atoms with Gasteiger partial charge in [-0.25, -0.2) is 13.5 Å². The average molecular weight is 594 g/mol. The van der Waals surface area contributed by atoms with Crippen LogP contribution in [0.1, 0.15) is 36.6 Å². The summed E-state index contributed by atoms with van der Waals surface area (Å²) in [7, 11) is 1.64. The number of rotatable bonds is 10. The molecule has 0 spiro atoms. The predicted molar refractivity (Wildman–Crippen MR) is 163 cm³/mol. The lowest BCUT2D eigenvalue weighted by Crippen LogP contribution is -2.46. The standard InChI is InChI=1S/C31H34ClF2N7O/c1-21(2)30-23(5-4-10-39-11-13-40(14-12-39)26-16-24(33)15-25(34)17-26)20-36-41(30)31-37-28(32)18-29(38-31)35-19-22-6-8-27(42-3)9-7-22/h4-9,15-18,20-21H,10-14,19H2,1-3H3,(H,35,37,38)/b5-4+. The molecular formula is C31H34ClF2N7O. The maximum atomic E-state index is 13.6. The number of piperazine rings is 1. The smallest absolute Gasteiger partial charge is 0.254 e. The van der Waals surface area contributed by atoms with Gasteiger partial charge in [-0.15, -0.1) is 0 Å². The first-order valence-electron chi connectivity index (χ1n) is 13.9. The molecule has 3 heterocycles. The molecule has 0 aliphatic carbocycles. The molecule has 220 valence electrons. The molecule has 11 heteroatoms. The molecule has 1 fully saturated rings. The molecule has 4 aromatic rings. The summed E-state index contributed by atoms with van der Waals surface area (Å²) in [6.45, 7) is 8.51. The highest BCUT2D eigenvalue weighted by Gasteiger charge is 2.19. The topological polar surface area (TPSA) is 71.3 Å². The molecule has 1 saturated heterocycles. The van der Waals surface area contributed by atoms with Crippen LogP contribution in [0.2, 0.25) is 5.15 Å². The lowest BCUT2D eigenvalue weighted by Gasteiger charge is -2.35. The van der Waals surface area contributed by atoms with Gasteiger partial charge in [0.2, 0.25) is 0 Å². The van der Waals surface area contributed by atoms with Crippen molar-refractivity contribution in [3.8, 4) is 11.7 Å². The number of hydrogen-bond acceptors (Lipinski definition) is 7. The van der Waals surface area contributed by atoms with Crippen LogP contribution >= 0.6 is 11.6 Å². The Morgan fingerprint density at radius 1 is 1.00 bits per heavy atom. The van der Waals surface area contributed by atoms with Crippen LogP contribution in [0.4, 0.5) is 20.3 Å². The van der Waals surface area contributed by atoms with Crippen molar-refractivity contribution in [2.75, 3.05) is 50.1 Å². The minimum atomic E-state index is -0.555. The van der Waals surface area contributed by atoms with Crippen molar-refractivity contribution >= 4 is 29.2 Å². The number of halogens is 3. The Bertz CT molecular complexity index is 1510. The zero-order valence-corrected chi connectivity index (χ0v) is 24.7. The van der Waals surface area contributed by atoms with Gasteiger partial charge in [0, 0.05) is 62.7 Å². The van der Waals surface area contributed by atoms with E-state index in [9.17, 15) is 8.78 Å². The minimum absolute atomic E-state index is 0.153. The van der Waals surface area contributed by atoms with E-state index >= 15 is 0 Å². The van der Waals surface area contributed by atoms with Gasteiger partial charge in [-0.05, 0) is 35.7 Å². The summed E-state index contributed by atoms with van der Waals surface area (Å²) in [6.07, 6.45) is 6.00. The van der Waals surface area contributed by atoms with Gasteiger partial charge < -0.3 is 15.0 Å². The summed E-state index contributed by atoms with van der Waals surface area (Å²) in [5, 5.41) is 8.25. The van der Waals surface area contributed by atoms with Crippen molar-refractivity contribution in [1.82, 2.24) is 24.6 Å². The van der Waals surface area contributed by atoms with Crippen molar-refractivity contribution < 1.29 is 13.5 Å². The fourth-order valence-electron chi connectivity index (χ4n) is 5.00. The molecule has 8 nitrogen and oxygen atoms in total. The van der Waals surface area contributed by atoms with Gasteiger partial charge in [0.15, 0.2) is 0 Å². The number of methoxy groups -OCH3 is 1. The average Bonchev–Trinajstić information content (AvgIpc) is 3.40. The number of nitrogens with one attached hydrogen (secondary N) is 1. The summed E-state index contributed by atoms with van der Waals surface area (Å²) in [5.74, 6) is 0.844. The Labute approximate surface area is 249 Å². The van der Waals surface area contributed by atoms with Crippen LogP contribution < -0.4 is 15.0 Å². The highest BCUT2D eigenvalue weighted by Crippen LogP contribution is 2.25. The Morgan fingerprint density at radius 3 is 2.38 bits per heavy atom. The summed E-state index contributed by atoms with van der Waals surface area (Å²) >= 11 is 6.39. The second-order valence-corrected chi connectivity index (χ2v) is 10.8. The molecule has 42 heavy (non-hydrogen) atoms. The normalized spacial score (nSPS) is 14.2. The third kappa shape index (κ3) is 7.24. The van der Waals surface area contributed by atoms with E-state index in [4.69, 9.17) is 21.3 Å². The van der Waals surface area contributed by atoms with Gasteiger partial charge in [-0.2, -0.15) is 15.1 Å². The molecule has 0 radical (unpaired) electrons. The molecule has 1 N–H and O–H groups in total. The van der Waals surface area contributed by atoms with Gasteiger partial charge in [-0.1, -0.05) is 49.7 Å². The van der Waals surface area contributed by atoms with Gasteiger partial charge >= 0.3 is 0 Å². The first-order chi connectivity index (χ1) is 20.3. The van der Waals surface area contributed by atoms with Crippen molar-refractivity contribution in [2.24, 2.45) is 0 Å². The van der Waals surface area contributed by atoms with Gasteiger partial charge in [0.25, 0.3) is 5.95 Å². The molecule has 2 aromatic heterocycles. The number of benzene rings is 2. The zero-order chi connectivity index (χ0) is 29.6. The summed E-state index contributed by atoms with van der Waals surface area (Å²) in [4.78, 5) is 13.5. The summed E-state index contributed by atoms with van der Waals surface area (Å²) in [5.41, 5.74) is 3.62. The Kier molecular flexibility index (Phi) is 9.34. The van der Waals surface area contributed by atoms with Crippen molar-refractivity contribution in [2.45, 2.75) is 26.3 Å². The molecule has 0 saturated carbocycles. The maximum Gasteiger partial charge on any atom is 0.254 e. The van der Waals surface area contributed by atoms with Crippen LogP contribution in [0.25, 0.3) is 12.0 Å². The molecule has 0 unspecified atom stereocenters. The Hall–Kier alpha value is -4.02. The predicted octanol–water partition coefficient (Wildman–Crippen LogP) is 6.17. The van der Waals surface area contributed by atoms with Crippen LogP contribution in [0.5, 0.6) is 5.75 Å². The number of hydrogen-bond donors (Lipinski definition) is 1. The van der Waals surface area contributed by atoms with Crippen LogP contribution in [0.15, 0.2) is 60.8 Å². The van der Waals surface area contributed by atoms with E-state index in [0.29, 0.717) is 42.2 Å². The van der Waals surface area contributed by atoms with Crippen LogP contribution in [-0.4, -0.2) is 64.5 Å². The number of ether oxygens (including phenoxy) is 1. The van der Waals surface area contributed by atoms with E-state index in [1.54, 1.807) is 17.9 Å². The van der Waals surface area contributed by atoms with E-state index in [1.807, 2.05) is 35.4 Å². The van der Waals surface area contributed by atoms with Crippen molar-refractivity contribution in [3.63, 3.8) is 0 Å². The Balaban J connectivity index is 1.24. The van der Waals surface area contributed by atoms with Crippen LogP contribution in [-0.2, 0) is 6.54 Å². The molecule has 2 aromatic carbocycles. The van der Waals surface area contributed by atoms with Gasteiger partial charge in [0.05, 0.1) is 19.0 Å². The number of aromatic nitrogens is 4. The van der Waals surface area contributed by atoms with E-state index in [0.717, 1.165) is 48.3 Å². The summed E-state index contributed by atoms with van der Waals surface area (Å²) in [6, 6.07) is 13.2. The van der Waals surface area contributed by atoms with Crippen molar-refractivity contribution in [3.05, 3.63) is 94.4 Å². The third-order valence-electron chi connectivity index (χ3n) is 7.13. The van der Waals surface area contributed by atoms with Crippen LogP contribution in [0, 0.1) is 11.6 Å². The van der Waals surface area contributed by atoms with E-state index < -0.39 is 11.6 Å². The van der Waals surface area contributed by atoms with Gasteiger partial charge in [-0.3, -0.25) is 4.90 Å². The maximum absolute atomic E-state index is 13.6. The molecule has 1 aliphatic rings. The second kappa shape index (κ2) is 13.3. The van der Waals surface area contributed by atoms with Gasteiger partial charge in [0.1, 0.15) is 28.4 Å². The lowest BCUT2D eigenvalue weighted by atomic mass is 10.1. The number of anilines is 2. The highest BCUT2D eigenvalue weighted by atomic mass is 35.5. The van der Waals surface area contributed by atoms with E-state index in [-0.39, 0.29) is 5.92 Å². The molecule has 5 rings (SSSR count). The first kappa shape index (κ1) is 29.5. The van der Waals surface area contributed by atoms with E-state index in [1.165, 1.54) is 12.1 Å². The minimum Gasteiger partial charge on any atom is -0.497 e. The molecule has 0 atom stereocenters. The SMILES string of the molecule is COc1ccc(CNc2cc(Cl)nc(-n3ncc(/C=C/CN4CCN(c5cc(F)cc(F)c5)CC4)c3C(C)C)n2)cc1. The van der Waals surface area contributed by atoms with E-state index in [2.05, 4.69) is 46.3 Å². The van der Waals surface area contributed by atoms with Crippen LogP contribution in [0.3, 0.4) is 0 Å². The van der Waals surface area contributed by atoms with Crippen molar-refractivity contribution in [1.29, 1.82) is 0 Å². The number of nitrogens with zero attached hydrogens (tertiary/aromatic N) is 6. The molecular weight excluding hydrogens is 560 g/mol. The zero-order valence-electron chi connectivity index (χ0n) is 23.9. The fraction of sp³-hybridized carbons (Fsp3) is 0.323. The first-order valence-corrected chi connectivity index (χ1v) is 14.3. The molecule has 0 bridgehead atoms. The second-order valence-electron chi connectivity index (χ2n) is 10.4. The molecule has 1 aliphatic heterocycles. The highest BCUT2D eigenvalue weighted by molar-refractivity contribution is 6.29. The molecule has 0 amide bonds. The fourth-order valence-corrected chi connectivity index (χ4v) is 5.18. The quantitative estimate of drug-likeness (QED) is 0.220. The summed E-state index contributed by atoms with van der Waals surface area (Å²) < 4.78 is 34.2. The largest absolute Gasteiger partial charge is 0.497 e. The monoisotopic (exact) mass is 593 g/mol. The Morgan fingerprint density at radius 2 is 1.71 bits per heavy atom.